The fourth-order valence-corrected chi connectivity index (χ4v) is 3.47. The quantitative estimate of drug-likeness (QED) is 0.606. The van der Waals surface area contributed by atoms with E-state index in [0.717, 1.165) is 23.6 Å². The summed E-state index contributed by atoms with van der Waals surface area (Å²) in [6.07, 6.45) is 6.66. The van der Waals surface area contributed by atoms with Gasteiger partial charge in [-0.1, -0.05) is 48.6 Å². The number of fused-ring (bicyclic) bond motifs is 3. The van der Waals surface area contributed by atoms with Gasteiger partial charge in [-0.3, -0.25) is 0 Å². The topological polar surface area (TPSA) is 26.3 Å². The summed E-state index contributed by atoms with van der Waals surface area (Å²) in [6.45, 7) is 0. The van der Waals surface area contributed by atoms with Crippen LogP contribution < -0.4 is 0 Å². The zero-order valence-corrected chi connectivity index (χ0v) is 11.2. The van der Waals surface area contributed by atoms with Crippen molar-refractivity contribution in [3.8, 4) is 0 Å². The van der Waals surface area contributed by atoms with Gasteiger partial charge in [0.05, 0.1) is 5.56 Å². The van der Waals surface area contributed by atoms with Crippen molar-refractivity contribution < 1.29 is 9.53 Å². The molecule has 20 heavy (non-hydrogen) atoms. The molecule has 0 spiro atoms. The zero-order chi connectivity index (χ0) is 13.5. The van der Waals surface area contributed by atoms with E-state index in [1.807, 2.05) is 42.5 Å². The van der Waals surface area contributed by atoms with Crippen LogP contribution in [0.1, 0.15) is 23.2 Å². The number of carbonyl (C=O) groups is 1. The lowest BCUT2D eigenvalue weighted by Gasteiger charge is -2.19. The van der Waals surface area contributed by atoms with Crippen LogP contribution in [0.2, 0.25) is 0 Å². The van der Waals surface area contributed by atoms with E-state index in [-0.39, 0.29) is 12.1 Å². The van der Waals surface area contributed by atoms with Gasteiger partial charge in [0.15, 0.2) is 0 Å². The van der Waals surface area contributed by atoms with Gasteiger partial charge in [-0.15, -0.1) is 0 Å². The van der Waals surface area contributed by atoms with Crippen LogP contribution in [-0.2, 0) is 4.74 Å². The highest BCUT2D eigenvalue weighted by atomic mass is 16.5. The molecular formula is C18H16O2. The van der Waals surface area contributed by atoms with E-state index in [4.69, 9.17) is 4.74 Å². The molecule has 0 amide bonds. The standard InChI is InChI=1S/C18H16O2/c19-18(20-17-11-12-8-9-14(17)10-12)16-7-3-5-13-4-1-2-6-15(13)16/h1-9,12,14,17H,10-11H2. The largest absolute Gasteiger partial charge is 0.458 e. The minimum Gasteiger partial charge on any atom is -0.458 e. The lowest BCUT2D eigenvalue weighted by atomic mass is 10.0. The van der Waals surface area contributed by atoms with Gasteiger partial charge in [0.25, 0.3) is 0 Å². The van der Waals surface area contributed by atoms with E-state index in [0.29, 0.717) is 17.4 Å². The van der Waals surface area contributed by atoms with E-state index in [1.165, 1.54) is 0 Å². The Bertz CT molecular complexity index is 696. The molecule has 100 valence electrons. The summed E-state index contributed by atoms with van der Waals surface area (Å²) in [4.78, 5) is 12.4. The number of hydrogen-bond acceptors (Lipinski definition) is 2. The fourth-order valence-electron chi connectivity index (χ4n) is 3.47. The highest BCUT2D eigenvalue weighted by Gasteiger charge is 2.38. The second kappa shape index (κ2) is 4.48. The SMILES string of the molecule is O=C(OC1CC2C=CC1C2)c1cccc2ccccc12. The van der Waals surface area contributed by atoms with Gasteiger partial charge in [-0.2, -0.15) is 0 Å². The van der Waals surface area contributed by atoms with Crippen LogP contribution >= 0.6 is 0 Å². The first-order valence-corrected chi connectivity index (χ1v) is 7.18. The minimum atomic E-state index is -0.187. The fraction of sp³-hybridized carbons (Fsp3) is 0.278. The first kappa shape index (κ1) is 11.7. The maximum atomic E-state index is 12.4. The summed E-state index contributed by atoms with van der Waals surface area (Å²) in [6, 6.07) is 13.7. The maximum absolute atomic E-state index is 12.4. The van der Waals surface area contributed by atoms with E-state index >= 15 is 0 Å². The third kappa shape index (κ3) is 1.83. The highest BCUT2D eigenvalue weighted by Crippen LogP contribution is 2.41. The molecule has 1 fully saturated rings. The van der Waals surface area contributed by atoms with Crippen LogP contribution in [0.25, 0.3) is 10.8 Å². The average Bonchev–Trinajstić information content (AvgIpc) is 3.09. The highest BCUT2D eigenvalue weighted by molar-refractivity contribution is 6.04. The zero-order valence-electron chi connectivity index (χ0n) is 11.2. The van der Waals surface area contributed by atoms with Crippen LogP contribution in [0.3, 0.4) is 0 Å². The Morgan fingerprint density at radius 2 is 1.85 bits per heavy atom. The van der Waals surface area contributed by atoms with Gasteiger partial charge in [-0.25, -0.2) is 4.79 Å². The van der Waals surface area contributed by atoms with Crippen LogP contribution in [0, 0.1) is 11.8 Å². The van der Waals surface area contributed by atoms with Crippen molar-refractivity contribution in [3.63, 3.8) is 0 Å². The first-order chi connectivity index (χ1) is 9.81. The van der Waals surface area contributed by atoms with Crippen LogP contribution in [-0.4, -0.2) is 12.1 Å². The van der Waals surface area contributed by atoms with Crippen LogP contribution in [0.4, 0.5) is 0 Å². The molecule has 0 N–H and O–H groups in total. The van der Waals surface area contributed by atoms with Gasteiger partial charge in [0.1, 0.15) is 6.10 Å². The predicted molar refractivity (Wildman–Crippen MR) is 78.5 cm³/mol. The monoisotopic (exact) mass is 264 g/mol. The van der Waals surface area contributed by atoms with Crippen molar-refractivity contribution in [2.75, 3.05) is 0 Å². The Hall–Kier alpha value is -2.09. The van der Waals surface area contributed by atoms with Crippen LogP contribution in [0.5, 0.6) is 0 Å². The molecule has 0 aromatic heterocycles. The Labute approximate surface area is 118 Å². The summed E-state index contributed by atoms with van der Waals surface area (Å²) in [5.41, 5.74) is 0.676. The smallest absolute Gasteiger partial charge is 0.339 e. The Kier molecular flexibility index (Phi) is 2.62. The molecule has 2 aliphatic carbocycles. The van der Waals surface area contributed by atoms with Crippen molar-refractivity contribution in [2.24, 2.45) is 11.8 Å². The molecule has 3 unspecified atom stereocenters. The first-order valence-electron chi connectivity index (χ1n) is 7.18. The Balaban J connectivity index is 1.63. The number of carbonyl (C=O) groups excluding carboxylic acids is 1. The van der Waals surface area contributed by atoms with Gasteiger partial charge in [-0.05, 0) is 35.6 Å². The number of allylic oxidation sites excluding steroid dienone is 1. The molecule has 1 saturated carbocycles. The molecule has 3 atom stereocenters. The van der Waals surface area contributed by atoms with Gasteiger partial charge in [0.2, 0.25) is 0 Å². The molecule has 2 aromatic carbocycles. The van der Waals surface area contributed by atoms with Crippen molar-refractivity contribution >= 4 is 16.7 Å². The summed E-state index contributed by atoms with van der Waals surface area (Å²) in [5.74, 6) is 0.858. The molecule has 2 aliphatic rings. The van der Waals surface area contributed by atoms with Crippen LogP contribution in [0.15, 0.2) is 54.6 Å². The Morgan fingerprint density at radius 3 is 2.65 bits per heavy atom. The second-order valence-electron chi connectivity index (χ2n) is 5.75. The van der Waals surface area contributed by atoms with Crippen molar-refractivity contribution in [2.45, 2.75) is 18.9 Å². The normalized spacial score (nSPS) is 27.1. The summed E-state index contributed by atoms with van der Waals surface area (Å²) < 4.78 is 5.75. The summed E-state index contributed by atoms with van der Waals surface area (Å²) >= 11 is 0. The number of benzene rings is 2. The lowest BCUT2D eigenvalue weighted by Crippen LogP contribution is -2.22. The molecule has 2 bridgehead atoms. The van der Waals surface area contributed by atoms with E-state index in [1.54, 1.807) is 0 Å². The summed E-state index contributed by atoms with van der Waals surface area (Å²) in [5, 5.41) is 2.05. The van der Waals surface area contributed by atoms with E-state index in [2.05, 4.69) is 12.2 Å². The van der Waals surface area contributed by atoms with E-state index < -0.39 is 0 Å². The maximum Gasteiger partial charge on any atom is 0.339 e. The number of rotatable bonds is 2. The summed E-state index contributed by atoms with van der Waals surface area (Å²) in [7, 11) is 0. The van der Waals surface area contributed by atoms with Crippen molar-refractivity contribution in [1.82, 2.24) is 0 Å². The number of esters is 1. The predicted octanol–water partition coefficient (Wildman–Crippen LogP) is 3.96. The van der Waals surface area contributed by atoms with Gasteiger partial charge in [0, 0.05) is 5.92 Å². The average molecular weight is 264 g/mol. The van der Waals surface area contributed by atoms with E-state index in [9.17, 15) is 4.79 Å². The Morgan fingerprint density at radius 1 is 1.00 bits per heavy atom. The second-order valence-corrected chi connectivity index (χ2v) is 5.75. The van der Waals surface area contributed by atoms with Gasteiger partial charge < -0.3 is 4.74 Å². The third-order valence-corrected chi connectivity index (χ3v) is 4.49. The lowest BCUT2D eigenvalue weighted by molar-refractivity contribution is 0.0244. The van der Waals surface area contributed by atoms with Crippen molar-refractivity contribution in [3.05, 3.63) is 60.2 Å². The van der Waals surface area contributed by atoms with Gasteiger partial charge >= 0.3 is 5.97 Å². The molecule has 0 aliphatic heterocycles. The molecule has 2 aromatic rings. The molecule has 0 saturated heterocycles. The molecule has 2 nitrogen and oxygen atoms in total. The molecule has 0 heterocycles. The third-order valence-electron chi connectivity index (χ3n) is 4.49. The molecule has 2 heteroatoms. The minimum absolute atomic E-state index is 0.0662. The molecule has 0 radical (unpaired) electrons. The number of hydrogen-bond donors (Lipinski definition) is 0. The molecule has 4 rings (SSSR count). The molecular weight excluding hydrogens is 248 g/mol. The van der Waals surface area contributed by atoms with Crippen molar-refractivity contribution in [1.29, 1.82) is 0 Å². The number of ether oxygens (including phenoxy) is 1.